The number of carbonyl (C=O) groups excluding carboxylic acids is 1. The zero-order valence-electron chi connectivity index (χ0n) is 11.8. The second-order valence-electron chi connectivity index (χ2n) is 4.18. The molecule has 0 radical (unpaired) electrons. The molecule has 0 amide bonds. The lowest BCUT2D eigenvalue weighted by atomic mass is 9.95. The Hall–Kier alpha value is -1.39. The fourth-order valence-corrected chi connectivity index (χ4v) is 2.03. The zero-order valence-corrected chi connectivity index (χ0v) is 11.8. The van der Waals surface area contributed by atoms with Crippen LogP contribution in [0.5, 0.6) is 0 Å². The number of benzene rings is 1. The maximum atomic E-state index is 10.6. The van der Waals surface area contributed by atoms with Crippen molar-refractivity contribution >= 4 is 6.47 Å². The van der Waals surface area contributed by atoms with E-state index < -0.39 is 6.29 Å². The second-order valence-corrected chi connectivity index (χ2v) is 4.18. The Bertz CT molecular complexity index is 378. The Labute approximate surface area is 114 Å². The summed E-state index contributed by atoms with van der Waals surface area (Å²) in [6, 6.07) is 7.98. The number of aryl methyl sites for hydroxylation is 1. The lowest BCUT2D eigenvalue weighted by Crippen LogP contribution is -2.29. The van der Waals surface area contributed by atoms with Gasteiger partial charge in [-0.3, -0.25) is 4.79 Å². The van der Waals surface area contributed by atoms with Gasteiger partial charge in [0.1, 0.15) is 0 Å². The van der Waals surface area contributed by atoms with Gasteiger partial charge in [0.25, 0.3) is 6.47 Å². The van der Waals surface area contributed by atoms with E-state index in [1.54, 1.807) is 0 Å². The van der Waals surface area contributed by atoms with E-state index in [2.05, 4.69) is 0 Å². The van der Waals surface area contributed by atoms with E-state index in [-0.39, 0.29) is 5.92 Å². The maximum absolute atomic E-state index is 10.6. The largest absolute Gasteiger partial charge is 0.437 e. The molecule has 4 heteroatoms. The highest BCUT2D eigenvalue weighted by Crippen LogP contribution is 2.26. The van der Waals surface area contributed by atoms with Crippen molar-refractivity contribution in [2.75, 3.05) is 19.8 Å². The third kappa shape index (κ3) is 4.65. The van der Waals surface area contributed by atoms with Crippen molar-refractivity contribution in [2.24, 2.45) is 0 Å². The minimum Gasteiger partial charge on any atom is -0.437 e. The van der Waals surface area contributed by atoms with Crippen LogP contribution in [0, 0.1) is 6.92 Å². The van der Waals surface area contributed by atoms with Crippen LogP contribution in [0.3, 0.4) is 0 Å². The van der Waals surface area contributed by atoms with Crippen molar-refractivity contribution in [1.29, 1.82) is 0 Å². The van der Waals surface area contributed by atoms with Gasteiger partial charge < -0.3 is 14.2 Å². The van der Waals surface area contributed by atoms with Crippen LogP contribution in [0.1, 0.15) is 30.9 Å². The summed E-state index contributed by atoms with van der Waals surface area (Å²) >= 11 is 0. The summed E-state index contributed by atoms with van der Waals surface area (Å²) in [5.74, 6) is -0.119. The lowest BCUT2D eigenvalue weighted by Gasteiger charge is -2.26. The highest BCUT2D eigenvalue weighted by atomic mass is 16.7. The van der Waals surface area contributed by atoms with Gasteiger partial charge in [0.15, 0.2) is 0 Å². The summed E-state index contributed by atoms with van der Waals surface area (Å²) in [5.41, 5.74) is 2.21. The minimum atomic E-state index is -0.616. The molecule has 2 atom stereocenters. The number of hydrogen-bond donors (Lipinski definition) is 0. The van der Waals surface area contributed by atoms with Crippen LogP contribution >= 0.6 is 0 Å². The summed E-state index contributed by atoms with van der Waals surface area (Å²) in [4.78, 5) is 10.6. The highest BCUT2D eigenvalue weighted by molar-refractivity contribution is 5.38. The van der Waals surface area contributed by atoms with Crippen LogP contribution in [0.25, 0.3) is 0 Å². The first-order valence-corrected chi connectivity index (χ1v) is 6.58. The Morgan fingerprint density at radius 1 is 1.21 bits per heavy atom. The number of hydrogen-bond acceptors (Lipinski definition) is 4. The molecule has 106 valence electrons. The van der Waals surface area contributed by atoms with Crippen LogP contribution in [-0.4, -0.2) is 32.6 Å². The average Bonchev–Trinajstić information content (AvgIpc) is 2.41. The van der Waals surface area contributed by atoms with Crippen molar-refractivity contribution in [3.63, 3.8) is 0 Å². The van der Waals surface area contributed by atoms with E-state index in [0.717, 1.165) is 11.1 Å². The van der Waals surface area contributed by atoms with Gasteiger partial charge >= 0.3 is 0 Å². The smallest absolute Gasteiger partial charge is 0.295 e. The summed E-state index contributed by atoms with van der Waals surface area (Å²) < 4.78 is 16.1. The molecule has 0 N–H and O–H groups in total. The molecule has 1 rings (SSSR count). The van der Waals surface area contributed by atoms with Crippen LogP contribution in [-0.2, 0) is 19.0 Å². The van der Waals surface area contributed by atoms with Gasteiger partial charge in [-0.2, -0.15) is 0 Å². The monoisotopic (exact) mass is 266 g/mol. The molecule has 19 heavy (non-hydrogen) atoms. The maximum Gasteiger partial charge on any atom is 0.295 e. The van der Waals surface area contributed by atoms with Crippen LogP contribution in [0.4, 0.5) is 0 Å². The third-order valence-electron chi connectivity index (χ3n) is 2.94. The first-order valence-electron chi connectivity index (χ1n) is 6.58. The number of carbonyl (C=O) groups is 1. The third-order valence-corrected chi connectivity index (χ3v) is 2.94. The molecule has 0 fully saturated rings. The Kier molecular flexibility index (Phi) is 7.15. The summed E-state index contributed by atoms with van der Waals surface area (Å²) in [6.45, 7) is 7.81. The van der Waals surface area contributed by atoms with Crippen molar-refractivity contribution in [3.05, 3.63) is 35.4 Å². The van der Waals surface area contributed by atoms with Crippen molar-refractivity contribution in [3.8, 4) is 0 Å². The van der Waals surface area contributed by atoms with Crippen molar-refractivity contribution in [2.45, 2.75) is 33.0 Å². The first kappa shape index (κ1) is 15.7. The molecule has 0 aliphatic rings. The molecule has 0 spiro atoms. The normalized spacial score (nSPS) is 13.8. The summed E-state index contributed by atoms with van der Waals surface area (Å²) in [6.07, 6.45) is -0.616. The van der Waals surface area contributed by atoms with E-state index in [1.165, 1.54) is 0 Å². The molecular formula is C15H22O4. The van der Waals surface area contributed by atoms with Crippen molar-refractivity contribution < 1.29 is 19.0 Å². The van der Waals surface area contributed by atoms with Gasteiger partial charge in [-0.15, -0.1) is 0 Å². The Morgan fingerprint density at radius 3 is 2.53 bits per heavy atom. The van der Waals surface area contributed by atoms with Gasteiger partial charge in [-0.1, -0.05) is 24.3 Å². The second kappa shape index (κ2) is 8.67. The molecule has 0 aliphatic heterocycles. The molecular weight excluding hydrogens is 244 g/mol. The van der Waals surface area contributed by atoms with E-state index in [0.29, 0.717) is 26.3 Å². The molecule has 0 aliphatic carbocycles. The van der Waals surface area contributed by atoms with Crippen LogP contribution in [0.15, 0.2) is 24.3 Å². The lowest BCUT2D eigenvalue weighted by molar-refractivity contribution is -0.172. The number of rotatable bonds is 9. The Balaban J connectivity index is 2.97. The van der Waals surface area contributed by atoms with Crippen molar-refractivity contribution in [1.82, 2.24) is 0 Å². The van der Waals surface area contributed by atoms with Crippen LogP contribution < -0.4 is 0 Å². The quantitative estimate of drug-likeness (QED) is 0.509. The fourth-order valence-electron chi connectivity index (χ4n) is 2.03. The predicted molar refractivity (Wildman–Crippen MR) is 73.0 cm³/mol. The molecule has 0 saturated carbocycles. The first-order chi connectivity index (χ1) is 9.24. The van der Waals surface area contributed by atoms with E-state index in [9.17, 15) is 4.79 Å². The molecule has 0 bridgehead atoms. The van der Waals surface area contributed by atoms with E-state index in [4.69, 9.17) is 14.2 Å². The highest BCUT2D eigenvalue weighted by Gasteiger charge is 2.26. The van der Waals surface area contributed by atoms with Gasteiger partial charge in [-0.25, -0.2) is 0 Å². The molecule has 0 aromatic heterocycles. The predicted octanol–water partition coefficient (Wildman–Crippen LogP) is 2.65. The molecule has 2 unspecified atom stereocenters. The molecule has 1 aromatic rings. The molecule has 0 saturated heterocycles. The SMILES string of the molecule is CCOCC(c1ccccc1C)C(OC=O)OCC. The van der Waals surface area contributed by atoms with Gasteiger partial charge in [0.2, 0.25) is 6.29 Å². The molecule has 1 aromatic carbocycles. The summed E-state index contributed by atoms with van der Waals surface area (Å²) in [7, 11) is 0. The minimum absolute atomic E-state index is 0.119. The molecule has 0 heterocycles. The van der Waals surface area contributed by atoms with E-state index >= 15 is 0 Å². The van der Waals surface area contributed by atoms with Gasteiger partial charge in [-0.05, 0) is 31.9 Å². The van der Waals surface area contributed by atoms with Gasteiger partial charge in [0, 0.05) is 13.2 Å². The summed E-state index contributed by atoms with van der Waals surface area (Å²) in [5, 5.41) is 0. The fraction of sp³-hybridized carbons (Fsp3) is 0.533. The van der Waals surface area contributed by atoms with Crippen LogP contribution in [0.2, 0.25) is 0 Å². The Morgan fingerprint density at radius 2 is 1.95 bits per heavy atom. The topological polar surface area (TPSA) is 44.8 Å². The standard InChI is InChI=1S/C15H22O4/c1-4-17-10-14(15(18-5-2)19-11-16)13-9-7-6-8-12(13)3/h6-9,11,14-15H,4-5,10H2,1-3H3. The average molecular weight is 266 g/mol. The zero-order chi connectivity index (χ0) is 14.1. The molecule has 4 nitrogen and oxygen atoms in total. The van der Waals surface area contributed by atoms with E-state index in [1.807, 2.05) is 45.0 Å². The van der Waals surface area contributed by atoms with Gasteiger partial charge in [0.05, 0.1) is 12.5 Å². The number of ether oxygens (including phenoxy) is 3.